The third-order valence-electron chi connectivity index (χ3n) is 6.30. The lowest BCUT2D eigenvalue weighted by Crippen LogP contribution is -2.45. The number of carboxylic acids is 1. The molecule has 2 aromatic carbocycles. The molecule has 2 atom stereocenters. The lowest BCUT2D eigenvalue weighted by molar-refractivity contribution is -0.145. The largest absolute Gasteiger partial charge is 0.490 e. The second-order valence-corrected chi connectivity index (χ2v) is 11.0. The Morgan fingerprint density at radius 3 is 2.50 bits per heavy atom. The van der Waals surface area contributed by atoms with Gasteiger partial charge in [-0.2, -0.15) is 0 Å². The normalized spacial score (nSPS) is 16.1. The maximum atomic E-state index is 13.3. The lowest BCUT2D eigenvalue weighted by Gasteiger charge is -2.23. The predicted molar refractivity (Wildman–Crippen MR) is 158 cm³/mol. The van der Waals surface area contributed by atoms with Crippen LogP contribution in [0.5, 0.6) is 11.5 Å². The molecule has 0 radical (unpaired) electrons. The van der Waals surface area contributed by atoms with Crippen molar-refractivity contribution in [2.75, 3.05) is 6.61 Å². The number of aliphatic carboxylic acids is 1. The smallest absolute Gasteiger partial charge is 0.327 e. The van der Waals surface area contributed by atoms with Crippen molar-refractivity contribution in [3.05, 3.63) is 64.6 Å². The van der Waals surface area contributed by atoms with E-state index in [0.29, 0.717) is 23.0 Å². The van der Waals surface area contributed by atoms with Gasteiger partial charge in [0, 0.05) is 6.42 Å². The van der Waals surface area contributed by atoms with Gasteiger partial charge in [-0.05, 0) is 56.0 Å². The SMILES string of the molecule is CCCCCCC[C@H](C)Oc1ccc(/C=C2/SC(=S)N([C@H](Cc3ccccc3)C(=O)O)C2=O)cc1OCC. The fraction of sp³-hybridized carbons (Fsp3) is 0.433. The van der Waals surface area contributed by atoms with Gasteiger partial charge in [-0.25, -0.2) is 4.79 Å². The van der Waals surface area contributed by atoms with Gasteiger partial charge in [0.05, 0.1) is 17.6 Å². The summed E-state index contributed by atoms with van der Waals surface area (Å²) < 4.78 is 12.3. The summed E-state index contributed by atoms with van der Waals surface area (Å²) in [5.74, 6) is -0.210. The van der Waals surface area contributed by atoms with E-state index in [9.17, 15) is 14.7 Å². The van der Waals surface area contributed by atoms with Crippen LogP contribution in [0.2, 0.25) is 0 Å². The second kappa shape index (κ2) is 14.9. The Bertz CT molecular complexity index is 1130. The molecular weight excluding hydrogens is 518 g/mol. The molecule has 0 saturated carbocycles. The average Bonchev–Trinajstić information content (AvgIpc) is 3.16. The topological polar surface area (TPSA) is 76.1 Å². The summed E-state index contributed by atoms with van der Waals surface area (Å²) >= 11 is 6.55. The first-order valence-corrected chi connectivity index (χ1v) is 14.5. The average molecular weight is 556 g/mol. The number of thiocarbonyl (C=S) groups is 1. The Hall–Kier alpha value is -2.84. The number of hydrogen-bond acceptors (Lipinski definition) is 6. The number of rotatable bonds is 15. The lowest BCUT2D eigenvalue weighted by atomic mass is 10.0. The van der Waals surface area contributed by atoms with E-state index in [1.165, 1.54) is 30.6 Å². The van der Waals surface area contributed by atoms with Crippen molar-refractivity contribution in [1.29, 1.82) is 0 Å². The third-order valence-corrected chi connectivity index (χ3v) is 7.63. The number of ether oxygens (including phenoxy) is 2. The minimum Gasteiger partial charge on any atom is -0.490 e. The Balaban J connectivity index is 1.73. The number of benzene rings is 2. The summed E-state index contributed by atoms with van der Waals surface area (Å²) in [7, 11) is 0. The maximum absolute atomic E-state index is 13.3. The van der Waals surface area contributed by atoms with Gasteiger partial charge in [0.1, 0.15) is 10.4 Å². The van der Waals surface area contributed by atoms with Crippen LogP contribution in [0.1, 0.15) is 70.4 Å². The van der Waals surface area contributed by atoms with E-state index >= 15 is 0 Å². The monoisotopic (exact) mass is 555 g/mol. The number of hydrogen-bond donors (Lipinski definition) is 1. The van der Waals surface area contributed by atoms with E-state index in [4.69, 9.17) is 21.7 Å². The number of unbranched alkanes of at least 4 members (excludes halogenated alkanes) is 4. The van der Waals surface area contributed by atoms with Gasteiger partial charge in [-0.1, -0.05) is 93.0 Å². The van der Waals surface area contributed by atoms with Crippen LogP contribution >= 0.6 is 24.0 Å². The highest BCUT2D eigenvalue weighted by Crippen LogP contribution is 2.37. The molecular formula is C30H37NO5S2. The molecule has 0 spiro atoms. The molecule has 1 saturated heterocycles. The standard InChI is InChI=1S/C30H37NO5S2/c1-4-6-7-8-10-13-21(3)36-25-17-16-23(19-26(25)35-5-2)20-27-28(32)31(30(37)38-27)24(29(33)34)18-22-14-11-9-12-15-22/h9,11-12,14-17,19-21,24H,4-8,10,13,18H2,1-3H3,(H,33,34)/b27-20+/t21-,24+/m0/s1. The van der Waals surface area contributed by atoms with Crippen LogP contribution in [-0.2, 0) is 16.0 Å². The molecule has 0 aliphatic carbocycles. The molecule has 8 heteroatoms. The van der Waals surface area contributed by atoms with Gasteiger partial charge in [0.25, 0.3) is 5.91 Å². The molecule has 1 amide bonds. The summed E-state index contributed by atoms with van der Waals surface area (Å²) in [5.41, 5.74) is 1.58. The minimum absolute atomic E-state index is 0.0653. The van der Waals surface area contributed by atoms with Crippen LogP contribution in [0, 0.1) is 0 Å². The first-order chi connectivity index (χ1) is 18.3. The Labute approximate surface area is 235 Å². The number of nitrogens with zero attached hydrogens (tertiary/aromatic N) is 1. The van der Waals surface area contributed by atoms with E-state index in [0.717, 1.165) is 35.7 Å². The molecule has 0 unspecified atom stereocenters. The zero-order valence-corrected chi connectivity index (χ0v) is 24.0. The van der Waals surface area contributed by atoms with E-state index < -0.39 is 17.9 Å². The van der Waals surface area contributed by atoms with Crippen molar-refractivity contribution < 1.29 is 24.2 Å². The van der Waals surface area contributed by atoms with Crippen molar-refractivity contribution in [1.82, 2.24) is 4.90 Å². The van der Waals surface area contributed by atoms with Crippen LogP contribution in [0.3, 0.4) is 0 Å². The van der Waals surface area contributed by atoms with E-state index in [1.54, 1.807) is 6.08 Å². The summed E-state index contributed by atoms with van der Waals surface area (Å²) in [5, 5.41) is 9.88. The van der Waals surface area contributed by atoms with Crippen LogP contribution in [0.15, 0.2) is 53.4 Å². The Morgan fingerprint density at radius 2 is 1.82 bits per heavy atom. The van der Waals surface area contributed by atoms with Gasteiger partial charge < -0.3 is 14.6 Å². The van der Waals surface area contributed by atoms with E-state index in [2.05, 4.69) is 13.8 Å². The Morgan fingerprint density at radius 1 is 1.08 bits per heavy atom. The van der Waals surface area contributed by atoms with E-state index in [1.807, 2.05) is 55.5 Å². The quantitative estimate of drug-likeness (QED) is 0.143. The van der Waals surface area contributed by atoms with Crippen LogP contribution in [0.4, 0.5) is 0 Å². The Kier molecular flexibility index (Phi) is 11.7. The van der Waals surface area contributed by atoms with Gasteiger partial charge in [-0.15, -0.1) is 0 Å². The predicted octanol–water partition coefficient (Wildman–Crippen LogP) is 7.11. The molecule has 1 heterocycles. The summed E-state index contributed by atoms with van der Waals surface area (Å²) in [6, 6.07) is 13.7. The molecule has 6 nitrogen and oxygen atoms in total. The first-order valence-electron chi connectivity index (χ1n) is 13.3. The number of carboxylic acid groups (broad SMARTS) is 1. The molecule has 2 aromatic rings. The molecule has 3 rings (SSSR count). The molecule has 1 fully saturated rings. The zero-order valence-electron chi connectivity index (χ0n) is 22.4. The summed E-state index contributed by atoms with van der Waals surface area (Å²) in [6.45, 7) is 6.68. The number of amides is 1. The van der Waals surface area contributed by atoms with Crippen molar-refractivity contribution in [2.24, 2.45) is 0 Å². The van der Waals surface area contributed by atoms with Crippen molar-refractivity contribution in [2.45, 2.75) is 77.9 Å². The highest BCUT2D eigenvalue weighted by Gasteiger charge is 2.40. The molecule has 0 bridgehead atoms. The van der Waals surface area contributed by atoms with Gasteiger partial charge in [0.15, 0.2) is 11.5 Å². The van der Waals surface area contributed by atoms with Gasteiger partial charge in [-0.3, -0.25) is 9.69 Å². The molecule has 0 aromatic heterocycles. The first kappa shape index (κ1) is 29.7. The fourth-order valence-corrected chi connectivity index (χ4v) is 5.67. The van der Waals surface area contributed by atoms with Gasteiger partial charge in [0.2, 0.25) is 0 Å². The highest BCUT2D eigenvalue weighted by atomic mass is 32.2. The molecule has 204 valence electrons. The van der Waals surface area contributed by atoms with Crippen molar-refractivity contribution >= 4 is 46.3 Å². The zero-order chi connectivity index (χ0) is 27.5. The minimum atomic E-state index is -1.09. The number of carbonyl (C=O) groups is 2. The molecule has 38 heavy (non-hydrogen) atoms. The summed E-state index contributed by atoms with van der Waals surface area (Å²) in [4.78, 5) is 27.0. The van der Waals surface area contributed by atoms with Crippen LogP contribution < -0.4 is 9.47 Å². The third kappa shape index (κ3) is 8.33. The van der Waals surface area contributed by atoms with Crippen LogP contribution in [-0.4, -0.2) is 45.0 Å². The van der Waals surface area contributed by atoms with Gasteiger partial charge >= 0.3 is 5.97 Å². The molecule has 1 aliphatic rings. The van der Waals surface area contributed by atoms with Crippen molar-refractivity contribution in [3.63, 3.8) is 0 Å². The summed E-state index contributed by atoms with van der Waals surface area (Å²) in [6.07, 6.45) is 9.05. The number of carbonyl (C=O) groups excluding carboxylic acids is 1. The number of thioether (sulfide) groups is 1. The highest BCUT2D eigenvalue weighted by molar-refractivity contribution is 8.26. The molecule has 1 aliphatic heterocycles. The van der Waals surface area contributed by atoms with E-state index in [-0.39, 0.29) is 16.8 Å². The van der Waals surface area contributed by atoms with Crippen LogP contribution in [0.25, 0.3) is 6.08 Å². The fourth-order valence-electron chi connectivity index (χ4n) is 4.32. The maximum Gasteiger partial charge on any atom is 0.327 e. The molecule has 1 N–H and O–H groups in total. The second-order valence-electron chi connectivity index (χ2n) is 9.37. The van der Waals surface area contributed by atoms with Crippen molar-refractivity contribution in [3.8, 4) is 11.5 Å².